The van der Waals surface area contributed by atoms with E-state index in [1.165, 1.54) is 0 Å². The molecule has 0 atom stereocenters. The zero-order valence-electron chi connectivity index (χ0n) is 19.2. The van der Waals surface area contributed by atoms with Crippen molar-refractivity contribution >= 4 is 23.4 Å². The second-order valence-electron chi connectivity index (χ2n) is 8.29. The zero-order chi connectivity index (χ0) is 23.5. The summed E-state index contributed by atoms with van der Waals surface area (Å²) in [5, 5.41) is 16.2. The lowest BCUT2D eigenvalue weighted by molar-refractivity contribution is 0.0745. The Bertz CT molecular complexity index is 1260. The summed E-state index contributed by atoms with van der Waals surface area (Å²) in [6, 6.07) is 17.6. The minimum Gasteiger partial charge on any atom is -0.352 e. The molecule has 0 saturated carbocycles. The lowest BCUT2D eigenvalue weighted by Gasteiger charge is -2.35. The van der Waals surface area contributed by atoms with Crippen molar-refractivity contribution < 1.29 is 4.79 Å². The number of piperazine rings is 1. The molecule has 4 aromatic rings. The van der Waals surface area contributed by atoms with Crippen LogP contribution in [0.4, 0.5) is 17.5 Å². The summed E-state index contributed by atoms with van der Waals surface area (Å²) in [5.41, 5.74) is 3.52. The molecule has 9 nitrogen and oxygen atoms in total. The van der Waals surface area contributed by atoms with Crippen LogP contribution in [0.5, 0.6) is 0 Å². The molecule has 3 aromatic heterocycles. The molecule has 5 rings (SSSR count). The largest absolute Gasteiger partial charge is 0.352 e. The third kappa shape index (κ3) is 4.45. The van der Waals surface area contributed by atoms with E-state index < -0.39 is 0 Å². The van der Waals surface area contributed by atoms with Gasteiger partial charge in [0.1, 0.15) is 5.82 Å². The minimum absolute atomic E-state index is 0.00978. The fourth-order valence-corrected chi connectivity index (χ4v) is 3.99. The molecule has 0 radical (unpaired) electrons. The lowest BCUT2D eigenvalue weighted by atomic mass is 10.2. The van der Waals surface area contributed by atoms with Crippen LogP contribution in [-0.2, 0) is 0 Å². The van der Waals surface area contributed by atoms with E-state index in [1.807, 2.05) is 73.3 Å². The van der Waals surface area contributed by atoms with Crippen LogP contribution in [0, 0.1) is 13.8 Å². The molecule has 1 aromatic carbocycles. The lowest BCUT2D eigenvalue weighted by Crippen LogP contribution is -2.49. The molecular formula is C25H26N8O. The summed E-state index contributed by atoms with van der Waals surface area (Å²) in [6.45, 7) is 6.54. The highest BCUT2D eigenvalue weighted by molar-refractivity contribution is 5.95. The number of hydrogen-bond donors (Lipinski definition) is 1. The number of nitrogens with zero attached hydrogens (tertiary/aromatic N) is 7. The van der Waals surface area contributed by atoms with Crippen molar-refractivity contribution in [2.45, 2.75) is 13.8 Å². The van der Waals surface area contributed by atoms with Gasteiger partial charge in [0, 0.05) is 32.4 Å². The first kappa shape index (κ1) is 21.6. The van der Waals surface area contributed by atoms with E-state index in [-0.39, 0.29) is 5.91 Å². The highest BCUT2D eigenvalue weighted by Gasteiger charge is 2.25. The quantitative estimate of drug-likeness (QED) is 0.494. The number of amides is 1. The van der Waals surface area contributed by atoms with Gasteiger partial charge >= 0.3 is 0 Å². The number of rotatable bonds is 5. The average Bonchev–Trinajstić information content (AvgIpc) is 3.27. The highest BCUT2D eigenvalue weighted by Crippen LogP contribution is 2.20. The van der Waals surface area contributed by atoms with Crippen LogP contribution in [-0.4, -0.2) is 61.9 Å². The van der Waals surface area contributed by atoms with E-state index in [2.05, 4.69) is 30.5 Å². The number of hydrogen-bond acceptors (Lipinski definition) is 7. The average molecular weight is 455 g/mol. The van der Waals surface area contributed by atoms with Gasteiger partial charge in [0.05, 0.1) is 23.1 Å². The van der Waals surface area contributed by atoms with Crippen molar-refractivity contribution in [3.8, 4) is 5.69 Å². The summed E-state index contributed by atoms with van der Waals surface area (Å²) in [4.78, 5) is 21.5. The Labute approximate surface area is 198 Å². The van der Waals surface area contributed by atoms with E-state index in [4.69, 9.17) is 0 Å². The molecule has 1 aliphatic heterocycles. The highest BCUT2D eigenvalue weighted by atomic mass is 16.2. The van der Waals surface area contributed by atoms with Gasteiger partial charge < -0.3 is 15.1 Å². The zero-order valence-corrected chi connectivity index (χ0v) is 19.2. The Morgan fingerprint density at radius 1 is 0.853 bits per heavy atom. The standard InChI is InChI=1S/C25H26N8O/c1-18-8-9-22(26-16-18)28-23-10-11-24(30-29-23)31-12-14-32(15-13-31)25(34)21-17-27-33(19(21)2)20-6-4-3-5-7-20/h3-11,16-17H,12-15H2,1-2H3,(H,26,28,29). The Balaban J connectivity index is 1.20. The van der Waals surface area contributed by atoms with Crippen LogP contribution in [0.1, 0.15) is 21.6 Å². The van der Waals surface area contributed by atoms with E-state index in [1.54, 1.807) is 17.1 Å². The van der Waals surface area contributed by atoms with Gasteiger partial charge in [0.2, 0.25) is 0 Å². The van der Waals surface area contributed by atoms with Crippen LogP contribution >= 0.6 is 0 Å². The van der Waals surface area contributed by atoms with E-state index >= 15 is 0 Å². The number of carbonyl (C=O) groups is 1. The Morgan fingerprint density at radius 3 is 2.29 bits per heavy atom. The van der Waals surface area contributed by atoms with E-state index in [9.17, 15) is 4.79 Å². The van der Waals surface area contributed by atoms with Crippen molar-refractivity contribution in [2.75, 3.05) is 36.4 Å². The van der Waals surface area contributed by atoms with Crippen molar-refractivity contribution in [3.63, 3.8) is 0 Å². The van der Waals surface area contributed by atoms with Crippen LogP contribution in [0.2, 0.25) is 0 Å². The maximum absolute atomic E-state index is 13.2. The molecular weight excluding hydrogens is 428 g/mol. The van der Waals surface area contributed by atoms with E-state index in [0.717, 1.165) is 28.6 Å². The molecule has 1 N–H and O–H groups in total. The molecule has 172 valence electrons. The Hall–Kier alpha value is -4.27. The molecule has 1 amide bonds. The van der Waals surface area contributed by atoms with Crippen LogP contribution < -0.4 is 10.2 Å². The maximum atomic E-state index is 13.2. The van der Waals surface area contributed by atoms with Crippen molar-refractivity contribution in [2.24, 2.45) is 0 Å². The molecule has 34 heavy (non-hydrogen) atoms. The molecule has 0 spiro atoms. The first-order valence-corrected chi connectivity index (χ1v) is 11.3. The van der Waals surface area contributed by atoms with Gasteiger partial charge in [-0.05, 0) is 49.7 Å². The molecule has 0 unspecified atom stereocenters. The van der Waals surface area contributed by atoms with Crippen molar-refractivity contribution in [1.29, 1.82) is 0 Å². The molecule has 4 heterocycles. The summed E-state index contributed by atoms with van der Waals surface area (Å²) < 4.78 is 1.81. The van der Waals surface area contributed by atoms with Gasteiger partial charge in [-0.15, -0.1) is 10.2 Å². The molecule has 0 aliphatic carbocycles. The van der Waals surface area contributed by atoms with Crippen LogP contribution in [0.15, 0.2) is 67.0 Å². The third-order valence-electron chi connectivity index (χ3n) is 5.95. The Kier molecular flexibility index (Phi) is 5.90. The fraction of sp³-hybridized carbons (Fsp3) is 0.240. The smallest absolute Gasteiger partial charge is 0.257 e. The molecule has 0 bridgehead atoms. The molecule has 9 heteroatoms. The predicted octanol–water partition coefficient (Wildman–Crippen LogP) is 3.38. The topological polar surface area (TPSA) is 92.1 Å². The number of para-hydroxylation sites is 1. The summed E-state index contributed by atoms with van der Waals surface area (Å²) in [5.74, 6) is 2.17. The predicted molar refractivity (Wildman–Crippen MR) is 131 cm³/mol. The number of benzene rings is 1. The van der Waals surface area contributed by atoms with Crippen molar-refractivity contribution in [1.82, 2.24) is 29.9 Å². The maximum Gasteiger partial charge on any atom is 0.257 e. The van der Waals surface area contributed by atoms with Gasteiger partial charge in [0.15, 0.2) is 11.6 Å². The molecule has 1 fully saturated rings. The second-order valence-corrected chi connectivity index (χ2v) is 8.29. The normalized spacial score (nSPS) is 13.7. The Morgan fingerprint density at radius 2 is 1.62 bits per heavy atom. The third-order valence-corrected chi connectivity index (χ3v) is 5.95. The number of aromatic nitrogens is 5. The first-order chi connectivity index (χ1) is 16.6. The number of pyridine rings is 1. The minimum atomic E-state index is 0.00978. The van der Waals surface area contributed by atoms with Crippen molar-refractivity contribution in [3.05, 3.63) is 83.8 Å². The molecule has 1 saturated heterocycles. The summed E-state index contributed by atoms with van der Waals surface area (Å²) in [6.07, 6.45) is 3.47. The molecule has 1 aliphatic rings. The van der Waals surface area contributed by atoms with Gasteiger partial charge in [0.25, 0.3) is 5.91 Å². The van der Waals surface area contributed by atoms with Gasteiger partial charge in [-0.25, -0.2) is 9.67 Å². The number of nitrogens with one attached hydrogen (secondary N) is 1. The first-order valence-electron chi connectivity index (χ1n) is 11.3. The number of carbonyl (C=O) groups excluding carboxylic acids is 1. The number of aryl methyl sites for hydroxylation is 1. The SMILES string of the molecule is Cc1ccc(Nc2ccc(N3CCN(C(=O)c4cnn(-c5ccccc5)c4C)CC3)nn2)nc1. The summed E-state index contributed by atoms with van der Waals surface area (Å²) >= 11 is 0. The van der Waals surface area contributed by atoms with E-state index in [0.29, 0.717) is 37.6 Å². The van der Waals surface area contributed by atoms with Gasteiger partial charge in [-0.2, -0.15) is 5.10 Å². The monoisotopic (exact) mass is 454 g/mol. The summed E-state index contributed by atoms with van der Waals surface area (Å²) in [7, 11) is 0. The fourth-order valence-electron chi connectivity index (χ4n) is 3.99. The van der Waals surface area contributed by atoms with Gasteiger partial charge in [-0.3, -0.25) is 4.79 Å². The second kappa shape index (κ2) is 9.30. The number of anilines is 3. The van der Waals surface area contributed by atoms with Crippen LogP contribution in [0.25, 0.3) is 5.69 Å². The van der Waals surface area contributed by atoms with Crippen LogP contribution in [0.3, 0.4) is 0 Å². The van der Waals surface area contributed by atoms with Gasteiger partial charge in [-0.1, -0.05) is 24.3 Å².